The molecule has 5 heteroatoms. The van der Waals surface area contributed by atoms with Gasteiger partial charge in [0.15, 0.2) is 0 Å². The van der Waals surface area contributed by atoms with Crippen LogP contribution < -0.4 is 10.6 Å². The number of carbonyl (C=O) groups excluding carboxylic acids is 1. The number of nitrogens with one attached hydrogen (secondary N) is 2. The molecule has 0 bridgehead atoms. The molecule has 1 aliphatic heterocycles. The van der Waals surface area contributed by atoms with E-state index in [1.807, 2.05) is 6.92 Å². The first-order valence-electron chi connectivity index (χ1n) is 6.30. The summed E-state index contributed by atoms with van der Waals surface area (Å²) < 4.78 is 0. The van der Waals surface area contributed by atoms with Crippen LogP contribution in [0.5, 0.6) is 0 Å². The highest BCUT2D eigenvalue weighted by Gasteiger charge is 2.41. The van der Waals surface area contributed by atoms with Crippen LogP contribution in [0.3, 0.4) is 0 Å². The molecule has 98 valence electrons. The molecule has 1 aliphatic rings. The summed E-state index contributed by atoms with van der Waals surface area (Å²) in [5, 5.41) is 14.8. The van der Waals surface area contributed by atoms with E-state index in [1.165, 1.54) is 0 Å². The molecule has 1 amide bonds. The van der Waals surface area contributed by atoms with Gasteiger partial charge in [-0.3, -0.25) is 4.79 Å². The van der Waals surface area contributed by atoms with Gasteiger partial charge in [-0.05, 0) is 25.8 Å². The summed E-state index contributed by atoms with van der Waals surface area (Å²) in [6.07, 6.45) is 2.94. The monoisotopic (exact) mass is 242 g/mol. The summed E-state index contributed by atoms with van der Waals surface area (Å²) in [5.74, 6) is -1.07. The Labute approximate surface area is 102 Å². The Bertz CT molecular complexity index is 285. The van der Waals surface area contributed by atoms with Crippen molar-refractivity contribution in [3.63, 3.8) is 0 Å². The first-order valence-corrected chi connectivity index (χ1v) is 6.30. The molecular weight excluding hydrogens is 220 g/mol. The number of hydrogen-bond acceptors (Lipinski definition) is 3. The number of hydrogen-bond donors (Lipinski definition) is 3. The van der Waals surface area contributed by atoms with E-state index in [1.54, 1.807) is 6.92 Å². The van der Waals surface area contributed by atoms with E-state index in [2.05, 4.69) is 10.6 Å². The second-order valence-electron chi connectivity index (χ2n) is 4.73. The molecule has 2 atom stereocenters. The zero-order valence-corrected chi connectivity index (χ0v) is 10.6. The molecule has 0 spiro atoms. The number of carbonyl (C=O) groups is 2. The Balaban J connectivity index is 2.68. The molecule has 0 radical (unpaired) electrons. The van der Waals surface area contributed by atoms with Crippen molar-refractivity contribution in [1.82, 2.24) is 10.6 Å². The van der Waals surface area contributed by atoms with Gasteiger partial charge in [0.25, 0.3) is 0 Å². The lowest BCUT2D eigenvalue weighted by atomic mass is 9.81. The maximum Gasteiger partial charge on any atom is 0.326 e. The second-order valence-corrected chi connectivity index (χ2v) is 4.73. The highest BCUT2D eigenvalue weighted by Crippen LogP contribution is 2.31. The molecule has 5 nitrogen and oxygen atoms in total. The third kappa shape index (κ3) is 3.19. The zero-order chi connectivity index (χ0) is 12.9. The maximum atomic E-state index is 12.2. The standard InChI is InChI=1S/C12H22N2O3/c1-3-5-12(6-7-13-8-12)11(17)14-9(4-2)10(15)16/h9,13H,3-8H2,1-2H3,(H,14,17)(H,15,16). The van der Waals surface area contributed by atoms with Crippen LogP contribution in [-0.4, -0.2) is 36.1 Å². The molecule has 1 saturated heterocycles. The Morgan fingerprint density at radius 2 is 2.18 bits per heavy atom. The van der Waals surface area contributed by atoms with E-state index in [4.69, 9.17) is 5.11 Å². The topological polar surface area (TPSA) is 78.4 Å². The summed E-state index contributed by atoms with van der Waals surface area (Å²) >= 11 is 0. The molecule has 3 N–H and O–H groups in total. The van der Waals surface area contributed by atoms with Gasteiger partial charge in [-0.15, -0.1) is 0 Å². The molecule has 2 unspecified atom stereocenters. The molecule has 0 aromatic carbocycles. The molecule has 0 aromatic heterocycles. The average Bonchev–Trinajstić information content (AvgIpc) is 2.75. The van der Waals surface area contributed by atoms with Crippen LogP contribution in [0.25, 0.3) is 0 Å². The molecule has 0 saturated carbocycles. The number of aliphatic carboxylic acids is 1. The molecular formula is C12H22N2O3. The SMILES string of the molecule is CCCC1(C(=O)NC(CC)C(=O)O)CCNC1. The van der Waals surface area contributed by atoms with Gasteiger partial charge < -0.3 is 15.7 Å². The minimum Gasteiger partial charge on any atom is -0.480 e. The lowest BCUT2D eigenvalue weighted by Gasteiger charge is -2.28. The Morgan fingerprint density at radius 1 is 1.47 bits per heavy atom. The van der Waals surface area contributed by atoms with Gasteiger partial charge in [0, 0.05) is 6.54 Å². The first-order chi connectivity index (χ1) is 8.05. The van der Waals surface area contributed by atoms with E-state index in [9.17, 15) is 9.59 Å². The smallest absolute Gasteiger partial charge is 0.326 e. The third-order valence-electron chi connectivity index (χ3n) is 3.47. The molecule has 1 fully saturated rings. The average molecular weight is 242 g/mol. The number of rotatable bonds is 6. The van der Waals surface area contributed by atoms with E-state index in [-0.39, 0.29) is 5.91 Å². The first kappa shape index (κ1) is 14.0. The van der Waals surface area contributed by atoms with Crippen LogP contribution in [0.15, 0.2) is 0 Å². The lowest BCUT2D eigenvalue weighted by molar-refractivity contribution is -0.143. The fourth-order valence-corrected chi connectivity index (χ4v) is 2.39. The van der Waals surface area contributed by atoms with Crippen LogP contribution in [0.4, 0.5) is 0 Å². The highest BCUT2D eigenvalue weighted by molar-refractivity contribution is 5.87. The molecule has 0 aliphatic carbocycles. The second kappa shape index (κ2) is 6.00. The van der Waals surface area contributed by atoms with Crippen molar-refractivity contribution in [3.05, 3.63) is 0 Å². The van der Waals surface area contributed by atoms with Crippen LogP contribution in [-0.2, 0) is 9.59 Å². The van der Waals surface area contributed by atoms with Crippen LogP contribution in [0.2, 0.25) is 0 Å². The van der Waals surface area contributed by atoms with Gasteiger partial charge in [-0.25, -0.2) is 4.79 Å². The largest absolute Gasteiger partial charge is 0.480 e. The van der Waals surface area contributed by atoms with Crippen LogP contribution in [0, 0.1) is 5.41 Å². The van der Waals surface area contributed by atoms with E-state index in [0.717, 1.165) is 25.8 Å². The van der Waals surface area contributed by atoms with Crippen molar-refractivity contribution >= 4 is 11.9 Å². The quantitative estimate of drug-likeness (QED) is 0.642. The van der Waals surface area contributed by atoms with Gasteiger partial charge in [0.05, 0.1) is 5.41 Å². The zero-order valence-electron chi connectivity index (χ0n) is 10.6. The van der Waals surface area contributed by atoms with Gasteiger partial charge in [-0.1, -0.05) is 20.3 Å². The highest BCUT2D eigenvalue weighted by atomic mass is 16.4. The maximum absolute atomic E-state index is 12.2. The van der Waals surface area contributed by atoms with Crippen molar-refractivity contribution in [2.45, 2.75) is 45.6 Å². The van der Waals surface area contributed by atoms with Crippen molar-refractivity contribution in [3.8, 4) is 0 Å². The predicted molar refractivity (Wildman–Crippen MR) is 64.7 cm³/mol. The Kier molecular flexibility index (Phi) is 4.93. The summed E-state index contributed by atoms with van der Waals surface area (Å²) in [6.45, 7) is 5.29. The fourth-order valence-electron chi connectivity index (χ4n) is 2.39. The van der Waals surface area contributed by atoms with E-state index in [0.29, 0.717) is 13.0 Å². The van der Waals surface area contributed by atoms with Gasteiger partial charge in [-0.2, -0.15) is 0 Å². The fraction of sp³-hybridized carbons (Fsp3) is 0.833. The summed E-state index contributed by atoms with van der Waals surface area (Å²) in [5.41, 5.74) is -0.405. The van der Waals surface area contributed by atoms with Crippen molar-refractivity contribution in [2.75, 3.05) is 13.1 Å². The molecule has 1 rings (SSSR count). The Hall–Kier alpha value is -1.10. The predicted octanol–water partition coefficient (Wildman–Crippen LogP) is 0.746. The minimum absolute atomic E-state index is 0.112. The normalized spacial score (nSPS) is 25.5. The number of carboxylic acids is 1. The lowest BCUT2D eigenvalue weighted by Crippen LogP contribution is -2.49. The summed E-state index contributed by atoms with van der Waals surface area (Å²) in [4.78, 5) is 23.1. The van der Waals surface area contributed by atoms with Crippen molar-refractivity contribution in [2.24, 2.45) is 5.41 Å². The summed E-state index contributed by atoms with van der Waals surface area (Å²) in [7, 11) is 0. The number of amides is 1. The van der Waals surface area contributed by atoms with Gasteiger partial charge in [0.2, 0.25) is 5.91 Å². The van der Waals surface area contributed by atoms with Crippen molar-refractivity contribution < 1.29 is 14.7 Å². The number of carboxylic acid groups (broad SMARTS) is 1. The third-order valence-corrected chi connectivity index (χ3v) is 3.47. The molecule has 1 heterocycles. The van der Waals surface area contributed by atoms with Crippen molar-refractivity contribution in [1.29, 1.82) is 0 Å². The summed E-state index contributed by atoms with van der Waals surface area (Å²) in [6, 6.07) is -0.767. The Morgan fingerprint density at radius 3 is 2.59 bits per heavy atom. The van der Waals surface area contributed by atoms with Gasteiger partial charge >= 0.3 is 5.97 Å². The minimum atomic E-state index is -0.960. The van der Waals surface area contributed by atoms with Crippen LogP contribution >= 0.6 is 0 Å². The molecule has 0 aromatic rings. The van der Waals surface area contributed by atoms with Gasteiger partial charge in [0.1, 0.15) is 6.04 Å². The van der Waals surface area contributed by atoms with Crippen LogP contribution in [0.1, 0.15) is 39.5 Å². The van der Waals surface area contributed by atoms with E-state index >= 15 is 0 Å². The molecule has 17 heavy (non-hydrogen) atoms. The van der Waals surface area contributed by atoms with E-state index < -0.39 is 17.4 Å².